The molecule has 3 aromatic heterocycles. The third kappa shape index (κ3) is 2.36. The van der Waals surface area contributed by atoms with Crippen molar-refractivity contribution in [1.29, 1.82) is 0 Å². The maximum absolute atomic E-state index is 4.84. The Balaban J connectivity index is 0.00000196. The summed E-state index contributed by atoms with van der Waals surface area (Å²) in [7, 11) is -2.49. The molecule has 3 nitrogen and oxygen atoms in total. The van der Waals surface area contributed by atoms with Gasteiger partial charge in [0.1, 0.15) is 8.07 Å². The molecule has 1 radical (unpaired) electrons. The topological polar surface area (TPSA) is 38.7 Å². The molecule has 32 heavy (non-hydrogen) atoms. The van der Waals surface area contributed by atoms with Gasteiger partial charge in [-0.05, 0) is 34.3 Å². The van der Waals surface area contributed by atoms with Crippen LogP contribution in [-0.4, -0.2) is 23.0 Å². The Morgan fingerprint density at radius 1 is 0.656 bits per heavy atom. The number of rotatable bonds is 1. The second kappa shape index (κ2) is 7.14. The van der Waals surface area contributed by atoms with Crippen LogP contribution in [0.15, 0.2) is 97.7 Å². The van der Waals surface area contributed by atoms with Gasteiger partial charge >= 0.3 is 0 Å². The van der Waals surface area contributed by atoms with E-state index in [1.165, 1.54) is 43.0 Å². The minimum Gasteiger partial charge on any atom is -0.305 e. The predicted molar refractivity (Wildman–Crippen MR) is 126 cm³/mol. The molecule has 2 aliphatic rings. The molecule has 7 rings (SSSR count). The van der Waals surface area contributed by atoms with E-state index < -0.39 is 8.07 Å². The normalized spacial score (nSPS) is 13.6. The van der Waals surface area contributed by atoms with E-state index in [9.17, 15) is 0 Å². The molecule has 0 unspecified atom stereocenters. The number of fused-ring (bicyclic) bond motifs is 10. The largest absolute Gasteiger partial charge is 0.305 e. The minimum atomic E-state index is -2.49. The van der Waals surface area contributed by atoms with Crippen LogP contribution >= 0.6 is 0 Å². The quantitative estimate of drug-likeness (QED) is 0.214. The van der Waals surface area contributed by atoms with Gasteiger partial charge in [0.15, 0.2) is 0 Å². The molecule has 5 heterocycles. The molecule has 153 valence electrons. The Labute approximate surface area is 200 Å². The van der Waals surface area contributed by atoms with E-state index in [0.717, 1.165) is 11.3 Å². The van der Waals surface area contributed by atoms with Gasteiger partial charge in [-0.15, -0.1) is 28.9 Å². The van der Waals surface area contributed by atoms with Crippen molar-refractivity contribution in [3.05, 3.63) is 104 Å². The number of pyridine rings is 3. The Kier molecular flexibility index (Phi) is 4.34. The molecule has 0 saturated heterocycles. The number of aromatic nitrogens is 3. The molecule has 0 N–H and O–H groups in total. The van der Waals surface area contributed by atoms with Gasteiger partial charge in [0, 0.05) is 62.2 Å². The molecule has 0 saturated carbocycles. The molecule has 0 bridgehead atoms. The van der Waals surface area contributed by atoms with Crippen LogP contribution in [0.25, 0.3) is 33.5 Å². The summed E-state index contributed by atoms with van der Waals surface area (Å²) < 4.78 is 0. The number of benzene rings is 2. The zero-order valence-corrected chi connectivity index (χ0v) is 20.3. The minimum absolute atomic E-state index is 0. The summed E-state index contributed by atoms with van der Waals surface area (Å²) >= 11 is 0. The average molecular weight is 603 g/mol. The predicted octanol–water partition coefficient (Wildman–Crippen LogP) is 2.67. The van der Waals surface area contributed by atoms with Crippen LogP contribution in [-0.2, 0) is 20.1 Å². The van der Waals surface area contributed by atoms with Crippen molar-refractivity contribution in [2.45, 2.75) is 0 Å². The zero-order valence-electron chi connectivity index (χ0n) is 16.9. The molecule has 0 aliphatic carbocycles. The van der Waals surface area contributed by atoms with E-state index in [-0.39, 0.29) is 20.1 Å². The summed E-state index contributed by atoms with van der Waals surface area (Å²) in [5.74, 6) is 0. The van der Waals surface area contributed by atoms with Crippen LogP contribution in [0.5, 0.6) is 0 Å². The number of hydrogen-bond acceptors (Lipinski definition) is 3. The van der Waals surface area contributed by atoms with Gasteiger partial charge in [0.2, 0.25) is 0 Å². The second-order valence-corrected chi connectivity index (χ2v) is 11.7. The second-order valence-electron chi connectivity index (χ2n) is 8.04. The van der Waals surface area contributed by atoms with Gasteiger partial charge in [0.25, 0.3) is 0 Å². The van der Waals surface area contributed by atoms with E-state index in [4.69, 9.17) is 4.98 Å². The molecule has 0 atom stereocenters. The Morgan fingerprint density at radius 3 is 2.09 bits per heavy atom. The van der Waals surface area contributed by atoms with Crippen molar-refractivity contribution >= 4 is 28.8 Å². The van der Waals surface area contributed by atoms with E-state index in [1.54, 1.807) is 0 Å². The van der Waals surface area contributed by atoms with E-state index in [2.05, 4.69) is 82.8 Å². The average Bonchev–Trinajstić information content (AvgIpc) is 3.32. The van der Waals surface area contributed by atoms with Crippen LogP contribution < -0.4 is 20.7 Å². The maximum atomic E-state index is 4.84. The van der Waals surface area contributed by atoms with Crippen molar-refractivity contribution in [3.63, 3.8) is 0 Å². The molecular formula is C27H16IrN3Si-. The fourth-order valence-electron chi connectivity index (χ4n) is 5.44. The van der Waals surface area contributed by atoms with Crippen molar-refractivity contribution in [3.8, 4) is 33.5 Å². The van der Waals surface area contributed by atoms with Crippen molar-refractivity contribution < 1.29 is 20.1 Å². The summed E-state index contributed by atoms with van der Waals surface area (Å²) in [6.45, 7) is 0. The zero-order chi connectivity index (χ0) is 20.4. The standard InChI is InChI=1S/C27H16N3Si.Ir/c1-2-5-18(6-3-1)19-8-9-20-26(15-19)31(25-7-4-12-30-27(20)25)23-10-13-28-16-21(23)22-17-29-14-11-24(22)31;/h1-8,10-17H;/q-1;. The van der Waals surface area contributed by atoms with Crippen LogP contribution in [0.4, 0.5) is 0 Å². The number of hydrogen-bond donors (Lipinski definition) is 0. The Morgan fingerprint density at radius 2 is 1.38 bits per heavy atom. The van der Waals surface area contributed by atoms with Crippen LogP contribution in [0.1, 0.15) is 0 Å². The van der Waals surface area contributed by atoms with E-state index in [0.29, 0.717) is 0 Å². The summed E-state index contributed by atoms with van der Waals surface area (Å²) in [6.07, 6.45) is 9.73. The molecule has 2 aromatic carbocycles. The monoisotopic (exact) mass is 603 g/mol. The Bertz CT molecular complexity index is 1440. The van der Waals surface area contributed by atoms with Crippen molar-refractivity contribution in [2.75, 3.05) is 0 Å². The van der Waals surface area contributed by atoms with Gasteiger partial charge in [-0.3, -0.25) is 9.97 Å². The first-order valence-corrected chi connectivity index (χ1v) is 12.4. The molecular weight excluding hydrogens is 587 g/mol. The third-order valence-corrected chi connectivity index (χ3v) is 11.5. The van der Waals surface area contributed by atoms with Gasteiger partial charge < -0.3 is 4.98 Å². The molecule has 1 spiro atoms. The van der Waals surface area contributed by atoms with Gasteiger partial charge in [-0.1, -0.05) is 52.7 Å². The van der Waals surface area contributed by atoms with Gasteiger partial charge in [0.05, 0.1) is 0 Å². The molecule has 5 heteroatoms. The smallest absolute Gasteiger partial charge is 0.129 e. The first-order chi connectivity index (χ1) is 15.4. The fraction of sp³-hybridized carbons (Fsp3) is 0. The maximum Gasteiger partial charge on any atom is 0.129 e. The summed E-state index contributed by atoms with van der Waals surface area (Å²) in [4.78, 5) is 13.8. The summed E-state index contributed by atoms with van der Waals surface area (Å²) in [5, 5.41) is 5.44. The van der Waals surface area contributed by atoms with Gasteiger partial charge in [-0.25, -0.2) is 0 Å². The first kappa shape index (κ1) is 19.4. The van der Waals surface area contributed by atoms with E-state index >= 15 is 0 Å². The molecule has 0 amide bonds. The number of nitrogens with zero attached hydrogens (tertiary/aromatic N) is 3. The molecule has 2 aliphatic heterocycles. The third-order valence-electron chi connectivity index (χ3n) is 6.64. The van der Waals surface area contributed by atoms with Crippen LogP contribution in [0.3, 0.4) is 0 Å². The SMILES string of the molecule is [Ir].[c-]1cc(-c2ccccc2)cc2c1-c1ncccc1[Si]21c2ccncc2-c2cnccc21. The van der Waals surface area contributed by atoms with Crippen molar-refractivity contribution in [1.82, 2.24) is 15.0 Å². The van der Waals surface area contributed by atoms with E-state index in [1.807, 2.05) is 31.0 Å². The first-order valence-electron chi connectivity index (χ1n) is 10.4. The Hall–Kier alpha value is -3.24. The summed E-state index contributed by atoms with van der Waals surface area (Å²) in [5.41, 5.74) is 7.00. The summed E-state index contributed by atoms with van der Waals surface area (Å²) in [6, 6.07) is 27.4. The molecule has 5 aromatic rings. The van der Waals surface area contributed by atoms with Crippen LogP contribution in [0.2, 0.25) is 0 Å². The van der Waals surface area contributed by atoms with Crippen LogP contribution in [0, 0.1) is 6.07 Å². The van der Waals surface area contributed by atoms with Gasteiger partial charge in [-0.2, -0.15) is 0 Å². The molecule has 0 fully saturated rings. The fourth-order valence-corrected chi connectivity index (χ4v) is 10.9. The van der Waals surface area contributed by atoms with Crippen molar-refractivity contribution in [2.24, 2.45) is 0 Å².